The number of nitrogens with zero attached hydrogens (tertiary/aromatic N) is 2. The summed E-state index contributed by atoms with van der Waals surface area (Å²) in [5, 5.41) is 3.27. The highest BCUT2D eigenvalue weighted by atomic mass is 16.5. The number of hydrogen-bond donors (Lipinski definition) is 1. The first-order valence-electron chi connectivity index (χ1n) is 7.53. The van der Waals surface area contributed by atoms with Crippen molar-refractivity contribution in [1.82, 2.24) is 9.97 Å². The molecule has 1 aromatic rings. The average Bonchev–Trinajstić information content (AvgIpc) is 2.38. The quantitative estimate of drug-likeness (QED) is 0.898. The van der Waals surface area contributed by atoms with Gasteiger partial charge in [0.15, 0.2) is 0 Å². The predicted octanol–water partition coefficient (Wildman–Crippen LogP) is 2.81. The molecule has 1 N–H and O–H groups in total. The van der Waals surface area contributed by atoms with Crippen molar-refractivity contribution < 1.29 is 9.47 Å². The second-order valence-corrected chi connectivity index (χ2v) is 5.36. The SMILES string of the molecule is CCNc1ncnc(OC2CC(C)OC(C)C2)c1CC. The lowest BCUT2D eigenvalue weighted by atomic mass is 10.0. The Morgan fingerprint density at radius 1 is 1.25 bits per heavy atom. The van der Waals surface area contributed by atoms with E-state index in [4.69, 9.17) is 9.47 Å². The van der Waals surface area contributed by atoms with Crippen molar-refractivity contribution in [2.24, 2.45) is 0 Å². The fraction of sp³-hybridized carbons (Fsp3) is 0.733. The fourth-order valence-corrected chi connectivity index (χ4v) is 2.73. The standard InChI is InChI=1S/C15H25N3O2/c1-5-13-14(16-6-2)17-9-18-15(13)20-12-7-10(3)19-11(4)8-12/h9-12H,5-8H2,1-4H3,(H,16,17,18). The minimum absolute atomic E-state index is 0.170. The van der Waals surface area contributed by atoms with Gasteiger partial charge in [-0.05, 0) is 27.2 Å². The Morgan fingerprint density at radius 3 is 2.55 bits per heavy atom. The first kappa shape index (κ1) is 15.0. The largest absolute Gasteiger partial charge is 0.474 e. The highest BCUT2D eigenvalue weighted by Gasteiger charge is 2.27. The van der Waals surface area contributed by atoms with E-state index in [1.165, 1.54) is 0 Å². The molecule has 1 aromatic heterocycles. The molecule has 0 spiro atoms. The second kappa shape index (κ2) is 6.88. The summed E-state index contributed by atoms with van der Waals surface area (Å²) < 4.78 is 11.9. The van der Waals surface area contributed by atoms with Crippen LogP contribution in [0.3, 0.4) is 0 Å². The van der Waals surface area contributed by atoms with Crippen molar-refractivity contribution in [2.75, 3.05) is 11.9 Å². The summed E-state index contributed by atoms with van der Waals surface area (Å²) in [7, 11) is 0. The maximum absolute atomic E-state index is 6.13. The lowest BCUT2D eigenvalue weighted by Crippen LogP contribution is -2.36. The second-order valence-electron chi connectivity index (χ2n) is 5.36. The molecule has 0 amide bonds. The van der Waals surface area contributed by atoms with Gasteiger partial charge < -0.3 is 14.8 Å². The lowest BCUT2D eigenvalue weighted by molar-refractivity contribution is -0.0731. The Kier molecular flexibility index (Phi) is 5.17. The molecule has 112 valence electrons. The van der Waals surface area contributed by atoms with Gasteiger partial charge in [-0.15, -0.1) is 0 Å². The van der Waals surface area contributed by atoms with E-state index in [-0.39, 0.29) is 18.3 Å². The molecule has 0 radical (unpaired) electrons. The first-order valence-corrected chi connectivity index (χ1v) is 7.53. The summed E-state index contributed by atoms with van der Waals surface area (Å²) in [4.78, 5) is 8.62. The highest BCUT2D eigenvalue weighted by Crippen LogP contribution is 2.27. The van der Waals surface area contributed by atoms with Crippen LogP contribution in [0.25, 0.3) is 0 Å². The molecule has 1 saturated heterocycles. The molecule has 2 rings (SSSR count). The van der Waals surface area contributed by atoms with Crippen molar-refractivity contribution in [3.05, 3.63) is 11.9 Å². The molecule has 1 aliphatic rings. The molecule has 0 bridgehead atoms. The van der Waals surface area contributed by atoms with Crippen LogP contribution in [0, 0.1) is 0 Å². The van der Waals surface area contributed by atoms with Gasteiger partial charge in [0, 0.05) is 19.4 Å². The van der Waals surface area contributed by atoms with Crippen LogP contribution in [-0.4, -0.2) is 34.8 Å². The van der Waals surface area contributed by atoms with E-state index < -0.39 is 0 Å². The minimum Gasteiger partial charge on any atom is -0.474 e. The van der Waals surface area contributed by atoms with Gasteiger partial charge >= 0.3 is 0 Å². The number of nitrogens with one attached hydrogen (secondary N) is 1. The van der Waals surface area contributed by atoms with Crippen molar-refractivity contribution >= 4 is 5.82 Å². The predicted molar refractivity (Wildman–Crippen MR) is 79.2 cm³/mol. The summed E-state index contributed by atoms with van der Waals surface area (Å²) >= 11 is 0. The topological polar surface area (TPSA) is 56.3 Å². The summed E-state index contributed by atoms with van der Waals surface area (Å²) in [5.74, 6) is 1.60. The third kappa shape index (κ3) is 3.60. The van der Waals surface area contributed by atoms with Crippen molar-refractivity contribution in [1.29, 1.82) is 0 Å². The molecular formula is C15H25N3O2. The van der Waals surface area contributed by atoms with Gasteiger partial charge in [-0.25, -0.2) is 9.97 Å². The Bertz CT molecular complexity index is 429. The molecule has 2 unspecified atom stereocenters. The van der Waals surface area contributed by atoms with Gasteiger partial charge in [-0.1, -0.05) is 6.92 Å². The molecular weight excluding hydrogens is 254 g/mol. The third-order valence-electron chi connectivity index (χ3n) is 3.54. The maximum atomic E-state index is 6.13. The summed E-state index contributed by atoms with van der Waals surface area (Å²) in [6.07, 6.45) is 4.89. The number of anilines is 1. The number of ether oxygens (including phenoxy) is 2. The smallest absolute Gasteiger partial charge is 0.222 e. The van der Waals surface area contributed by atoms with Gasteiger partial charge in [0.2, 0.25) is 5.88 Å². The van der Waals surface area contributed by atoms with Gasteiger partial charge in [0.1, 0.15) is 18.2 Å². The molecule has 0 aromatic carbocycles. The number of rotatable bonds is 5. The van der Waals surface area contributed by atoms with Gasteiger partial charge in [0.25, 0.3) is 0 Å². The summed E-state index contributed by atoms with van der Waals surface area (Å²) in [6, 6.07) is 0. The van der Waals surface area contributed by atoms with Crippen LogP contribution in [0.4, 0.5) is 5.82 Å². The monoisotopic (exact) mass is 279 g/mol. The maximum Gasteiger partial charge on any atom is 0.222 e. The molecule has 20 heavy (non-hydrogen) atoms. The molecule has 0 saturated carbocycles. The van der Waals surface area contributed by atoms with Crippen molar-refractivity contribution in [3.63, 3.8) is 0 Å². The van der Waals surface area contributed by atoms with Gasteiger partial charge in [-0.2, -0.15) is 0 Å². The zero-order chi connectivity index (χ0) is 14.5. The fourth-order valence-electron chi connectivity index (χ4n) is 2.73. The molecule has 5 heteroatoms. The van der Waals surface area contributed by atoms with Crippen LogP contribution in [0.1, 0.15) is 46.1 Å². The molecule has 2 heterocycles. The summed E-state index contributed by atoms with van der Waals surface area (Å²) in [5.41, 5.74) is 1.06. The molecule has 5 nitrogen and oxygen atoms in total. The van der Waals surface area contributed by atoms with Crippen LogP contribution in [-0.2, 0) is 11.2 Å². The van der Waals surface area contributed by atoms with E-state index in [2.05, 4.69) is 43.0 Å². The number of aromatic nitrogens is 2. The number of hydrogen-bond acceptors (Lipinski definition) is 5. The van der Waals surface area contributed by atoms with E-state index in [0.29, 0.717) is 5.88 Å². The van der Waals surface area contributed by atoms with Crippen molar-refractivity contribution in [2.45, 2.75) is 65.3 Å². The van der Waals surface area contributed by atoms with Crippen LogP contribution in [0.2, 0.25) is 0 Å². The molecule has 0 aliphatic carbocycles. The molecule has 1 fully saturated rings. The zero-order valence-corrected chi connectivity index (χ0v) is 12.8. The van der Waals surface area contributed by atoms with Crippen LogP contribution in [0.15, 0.2) is 6.33 Å². The van der Waals surface area contributed by atoms with E-state index in [0.717, 1.165) is 37.2 Å². The Labute approximate surface area is 121 Å². The Morgan fingerprint density at radius 2 is 1.95 bits per heavy atom. The highest BCUT2D eigenvalue weighted by molar-refractivity contribution is 5.48. The zero-order valence-electron chi connectivity index (χ0n) is 12.8. The van der Waals surface area contributed by atoms with Gasteiger partial charge in [-0.3, -0.25) is 0 Å². The average molecular weight is 279 g/mol. The van der Waals surface area contributed by atoms with E-state index in [9.17, 15) is 0 Å². The normalized spacial score (nSPS) is 26.3. The Hall–Kier alpha value is -1.36. The lowest BCUT2D eigenvalue weighted by Gasteiger charge is -2.32. The molecule has 2 atom stereocenters. The minimum atomic E-state index is 0.170. The van der Waals surface area contributed by atoms with Gasteiger partial charge in [0.05, 0.1) is 17.8 Å². The van der Waals surface area contributed by atoms with Crippen molar-refractivity contribution in [3.8, 4) is 5.88 Å². The Balaban J connectivity index is 2.14. The summed E-state index contributed by atoms with van der Waals surface area (Å²) in [6.45, 7) is 9.19. The first-order chi connectivity index (χ1) is 9.63. The van der Waals surface area contributed by atoms with E-state index >= 15 is 0 Å². The molecule has 1 aliphatic heterocycles. The van der Waals surface area contributed by atoms with E-state index in [1.54, 1.807) is 6.33 Å². The van der Waals surface area contributed by atoms with Crippen LogP contribution < -0.4 is 10.1 Å². The van der Waals surface area contributed by atoms with E-state index in [1.807, 2.05) is 0 Å². The third-order valence-corrected chi connectivity index (χ3v) is 3.54. The van der Waals surface area contributed by atoms with Crippen LogP contribution >= 0.6 is 0 Å². The van der Waals surface area contributed by atoms with Crippen LogP contribution in [0.5, 0.6) is 5.88 Å².